The summed E-state index contributed by atoms with van der Waals surface area (Å²) in [5, 5.41) is 19.5. The number of aliphatic hydroxyl groups excluding tert-OH is 1. The number of nitrogens with one attached hydrogen (secondary N) is 3. The van der Waals surface area contributed by atoms with Crippen molar-refractivity contribution in [3.63, 3.8) is 0 Å². The number of carbonyl (C=O) groups excluding carboxylic acids is 3. The van der Waals surface area contributed by atoms with Gasteiger partial charge in [0, 0.05) is 18.2 Å². The molecule has 2 aromatic rings. The molecule has 0 aliphatic carbocycles. The molecule has 2 amide bonds. The van der Waals surface area contributed by atoms with Crippen molar-refractivity contribution in [3.8, 4) is 17.2 Å². The molecule has 1 heterocycles. The van der Waals surface area contributed by atoms with Gasteiger partial charge in [0.1, 0.15) is 12.4 Å². The average molecular weight is 527 g/mol. The number of carbonyl (C=O) groups is 3. The lowest BCUT2D eigenvalue weighted by molar-refractivity contribution is -0.136. The van der Waals surface area contributed by atoms with E-state index >= 15 is 0 Å². The molecule has 3 rings (SSSR count). The van der Waals surface area contributed by atoms with E-state index in [1.807, 2.05) is 0 Å². The summed E-state index contributed by atoms with van der Waals surface area (Å²) in [6.07, 6.45) is 0.227. The predicted molar refractivity (Wildman–Crippen MR) is 137 cm³/mol. The number of benzene rings is 2. The van der Waals surface area contributed by atoms with Gasteiger partial charge in [0.05, 0.1) is 31.5 Å². The summed E-state index contributed by atoms with van der Waals surface area (Å²) in [4.78, 5) is 35.7. The highest BCUT2D eigenvalue weighted by molar-refractivity contribution is 5.95. The molecule has 0 aromatic heterocycles. The molecule has 0 unspecified atom stereocenters. The van der Waals surface area contributed by atoms with Gasteiger partial charge < -0.3 is 34.7 Å². The highest BCUT2D eigenvalue weighted by Gasteiger charge is 2.32. The highest BCUT2D eigenvalue weighted by Crippen LogP contribution is 2.34. The maximum atomic E-state index is 12.4. The van der Waals surface area contributed by atoms with Crippen molar-refractivity contribution in [2.24, 2.45) is 5.10 Å². The maximum Gasteiger partial charge on any atom is 0.337 e. The van der Waals surface area contributed by atoms with E-state index in [2.05, 4.69) is 21.2 Å². The van der Waals surface area contributed by atoms with E-state index in [9.17, 15) is 19.5 Å². The average Bonchev–Trinajstić information content (AvgIpc) is 2.88. The molecular formula is C26H30N4O8. The summed E-state index contributed by atoms with van der Waals surface area (Å²) < 4.78 is 21.4. The standard InChI is InChI=1S/C26H30N4O8/c1-5-36-21-12-17(24-23(25(33)35-4)15(2)28-26(34)29-24)10-11-20(21)37-14-22(32)30-27-13-18-8-6-7-9-19(18)38-16(3)31/h6-13,22,24,30,32H,5,14H2,1-4H3,(H2,28,29,34)/b27-13+/t22-,24-/m0/s1. The van der Waals surface area contributed by atoms with Gasteiger partial charge in [-0.05, 0) is 43.7 Å². The van der Waals surface area contributed by atoms with E-state index in [0.717, 1.165) is 0 Å². The zero-order valence-electron chi connectivity index (χ0n) is 21.4. The van der Waals surface area contributed by atoms with Crippen LogP contribution in [0.15, 0.2) is 58.8 Å². The molecule has 4 N–H and O–H groups in total. The summed E-state index contributed by atoms with van der Waals surface area (Å²) in [5.41, 5.74) is 4.30. The van der Waals surface area contributed by atoms with Gasteiger partial charge in [0.15, 0.2) is 17.7 Å². The van der Waals surface area contributed by atoms with Crippen molar-refractivity contribution in [2.75, 3.05) is 20.3 Å². The van der Waals surface area contributed by atoms with E-state index in [4.69, 9.17) is 18.9 Å². The number of urea groups is 1. The van der Waals surface area contributed by atoms with Gasteiger partial charge in [0.2, 0.25) is 0 Å². The van der Waals surface area contributed by atoms with Gasteiger partial charge in [-0.2, -0.15) is 5.10 Å². The first-order valence-corrected chi connectivity index (χ1v) is 11.7. The number of para-hydroxylation sites is 1. The molecule has 12 nitrogen and oxygen atoms in total. The van der Waals surface area contributed by atoms with Crippen LogP contribution in [-0.2, 0) is 14.3 Å². The molecule has 12 heteroatoms. The molecule has 0 saturated carbocycles. The Morgan fingerprint density at radius 2 is 1.92 bits per heavy atom. The van der Waals surface area contributed by atoms with Gasteiger partial charge in [-0.3, -0.25) is 10.2 Å². The highest BCUT2D eigenvalue weighted by atomic mass is 16.5. The van der Waals surface area contributed by atoms with Crippen molar-refractivity contribution in [1.29, 1.82) is 0 Å². The largest absolute Gasteiger partial charge is 0.490 e. The number of rotatable bonds is 11. The number of methoxy groups -OCH3 is 1. The number of esters is 2. The van der Waals surface area contributed by atoms with Crippen LogP contribution in [0.4, 0.5) is 4.79 Å². The third-order valence-corrected chi connectivity index (χ3v) is 5.27. The topological polar surface area (TPSA) is 157 Å². The molecule has 2 aromatic carbocycles. The third kappa shape index (κ3) is 7.23. The fourth-order valence-electron chi connectivity index (χ4n) is 3.65. The Hall–Kier alpha value is -4.58. The van der Waals surface area contributed by atoms with E-state index in [-0.39, 0.29) is 12.2 Å². The van der Waals surface area contributed by atoms with E-state index in [0.29, 0.717) is 40.7 Å². The summed E-state index contributed by atoms with van der Waals surface area (Å²) in [7, 11) is 1.26. The van der Waals surface area contributed by atoms with Crippen LogP contribution in [-0.4, -0.2) is 55.8 Å². The van der Waals surface area contributed by atoms with Crippen LogP contribution < -0.4 is 30.3 Å². The number of hydrogen-bond donors (Lipinski definition) is 4. The molecule has 38 heavy (non-hydrogen) atoms. The normalized spacial score (nSPS) is 15.8. The number of nitrogens with zero attached hydrogens (tertiary/aromatic N) is 1. The molecule has 0 spiro atoms. The molecular weight excluding hydrogens is 496 g/mol. The molecule has 0 fully saturated rings. The zero-order valence-corrected chi connectivity index (χ0v) is 21.4. The number of amides is 2. The Balaban J connectivity index is 1.70. The first-order chi connectivity index (χ1) is 18.2. The van der Waals surface area contributed by atoms with Crippen molar-refractivity contribution >= 4 is 24.2 Å². The Kier molecular flexibility index (Phi) is 9.66. The molecule has 1 aliphatic rings. The number of hydrazone groups is 1. The molecule has 0 bridgehead atoms. The first kappa shape index (κ1) is 28.0. The van der Waals surface area contributed by atoms with Gasteiger partial charge >= 0.3 is 18.0 Å². The number of aliphatic hydroxyl groups is 1. The molecule has 0 radical (unpaired) electrons. The Labute approximate surface area is 219 Å². The number of allylic oxidation sites excluding steroid dienone is 1. The molecule has 202 valence electrons. The minimum Gasteiger partial charge on any atom is -0.490 e. The van der Waals surface area contributed by atoms with Crippen LogP contribution in [0, 0.1) is 0 Å². The minimum absolute atomic E-state index is 0.182. The Bertz CT molecular complexity index is 1240. The van der Waals surface area contributed by atoms with Gasteiger partial charge in [-0.1, -0.05) is 18.2 Å². The lowest BCUT2D eigenvalue weighted by Crippen LogP contribution is -2.45. The van der Waals surface area contributed by atoms with Gasteiger partial charge in [-0.15, -0.1) is 0 Å². The van der Waals surface area contributed by atoms with Crippen molar-refractivity contribution in [1.82, 2.24) is 16.1 Å². The maximum absolute atomic E-state index is 12.4. The monoisotopic (exact) mass is 526 g/mol. The smallest absolute Gasteiger partial charge is 0.337 e. The Morgan fingerprint density at radius 3 is 2.63 bits per heavy atom. The van der Waals surface area contributed by atoms with Crippen LogP contribution >= 0.6 is 0 Å². The molecule has 0 saturated heterocycles. The van der Waals surface area contributed by atoms with Crippen molar-refractivity contribution in [2.45, 2.75) is 33.0 Å². The Morgan fingerprint density at radius 1 is 1.16 bits per heavy atom. The van der Waals surface area contributed by atoms with Crippen LogP contribution in [0.2, 0.25) is 0 Å². The van der Waals surface area contributed by atoms with Gasteiger partial charge in [-0.25, -0.2) is 9.59 Å². The minimum atomic E-state index is -1.18. The van der Waals surface area contributed by atoms with Crippen molar-refractivity contribution < 1.29 is 38.4 Å². The van der Waals surface area contributed by atoms with Crippen LogP contribution in [0.1, 0.15) is 37.9 Å². The second kappa shape index (κ2) is 13.1. The lowest BCUT2D eigenvalue weighted by Gasteiger charge is -2.28. The fraction of sp³-hybridized carbons (Fsp3) is 0.308. The van der Waals surface area contributed by atoms with Crippen molar-refractivity contribution in [3.05, 3.63) is 64.9 Å². The second-order valence-corrected chi connectivity index (χ2v) is 8.05. The van der Waals surface area contributed by atoms with Crippen LogP contribution in [0.25, 0.3) is 0 Å². The zero-order chi connectivity index (χ0) is 27.7. The number of hydrogen-bond acceptors (Lipinski definition) is 10. The lowest BCUT2D eigenvalue weighted by atomic mass is 9.95. The molecule has 2 atom stereocenters. The summed E-state index contributed by atoms with van der Waals surface area (Å²) >= 11 is 0. The van der Waals surface area contributed by atoms with E-state index in [1.165, 1.54) is 20.2 Å². The fourth-order valence-corrected chi connectivity index (χ4v) is 3.65. The summed E-state index contributed by atoms with van der Waals surface area (Å²) in [5.74, 6) is -0.0166. The second-order valence-electron chi connectivity index (χ2n) is 8.05. The van der Waals surface area contributed by atoms with E-state index < -0.39 is 30.2 Å². The predicted octanol–water partition coefficient (Wildman–Crippen LogP) is 2.13. The summed E-state index contributed by atoms with van der Waals surface area (Å²) in [6, 6.07) is 10.5. The number of ether oxygens (including phenoxy) is 4. The summed E-state index contributed by atoms with van der Waals surface area (Å²) in [6.45, 7) is 4.85. The van der Waals surface area contributed by atoms with Crippen LogP contribution in [0.3, 0.4) is 0 Å². The third-order valence-electron chi connectivity index (χ3n) is 5.27. The first-order valence-electron chi connectivity index (χ1n) is 11.7. The molecule has 1 aliphatic heterocycles. The quantitative estimate of drug-likeness (QED) is 0.113. The van der Waals surface area contributed by atoms with Crippen LogP contribution in [0.5, 0.6) is 17.2 Å². The van der Waals surface area contributed by atoms with E-state index in [1.54, 1.807) is 56.3 Å². The SMILES string of the molecule is CCOc1cc([C@@H]2NC(=O)NC(C)=C2C(=O)OC)ccc1OC[C@H](O)N/N=C/c1ccccc1OC(C)=O. The van der Waals surface area contributed by atoms with Gasteiger partial charge in [0.25, 0.3) is 0 Å².